The van der Waals surface area contributed by atoms with Gasteiger partial charge in [-0.05, 0) is 43.5 Å². The van der Waals surface area contributed by atoms with Crippen molar-refractivity contribution >= 4 is 36.0 Å². The third-order valence-corrected chi connectivity index (χ3v) is 4.75. The number of halogens is 1. The van der Waals surface area contributed by atoms with Gasteiger partial charge in [-0.1, -0.05) is 12.1 Å². The van der Waals surface area contributed by atoms with Gasteiger partial charge < -0.3 is 20.3 Å². The molecule has 8 nitrogen and oxygen atoms in total. The molecule has 9 heteroatoms. The van der Waals surface area contributed by atoms with Gasteiger partial charge in [0.25, 0.3) is 0 Å². The number of aliphatic imine (C=N–C) groups is 1. The number of amides is 1. The highest BCUT2D eigenvalue weighted by molar-refractivity contribution is 14.0. The SMILES string of the molecule is CCOC(=O)N1CCC(NC(=NC)NCc2ccc(-n3cccn3)cc2)CC1.I. The molecular weight excluding hydrogens is 483 g/mol. The number of hydrogen-bond acceptors (Lipinski definition) is 4. The highest BCUT2D eigenvalue weighted by Crippen LogP contribution is 2.12. The Balaban J connectivity index is 0.00000300. The van der Waals surface area contributed by atoms with E-state index in [0.29, 0.717) is 32.3 Å². The minimum atomic E-state index is -0.220. The first-order valence-electron chi connectivity index (χ1n) is 9.67. The minimum Gasteiger partial charge on any atom is -0.450 e. The number of nitrogens with one attached hydrogen (secondary N) is 2. The lowest BCUT2D eigenvalue weighted by Gasteiger charge is -2.32. The van der Waals surface area contributed by atoms with Crippen LogP contribution in [0.25, 0.3) is 5.69 Å². The molecule has 1 aliphatic heterocycles. The van der Waals surface area contributed by atoms with Gasteiger partial charge >= 0.3 is 6.09 Å². The van der Waals surface area contributed by atoms with Crippen LogP contribution in [0.4, 0.5) is 4.79 Å². The summed E-state index contributed by atoms with van der Waals surface area (Å²) in [5.74, 6) is 0.769. The standard InChI is InChI=1S/C20H28N6O2.HI/c1-3-28-20(27)25-13-9-17(10-14-25)24-19(21-2)22-15-16-5-7-18(8-6-16)26-12-4-11-23-26;/h4-8,11-12,17H,3,9-10,13-15H2,1-2H3,(H2,21,22,24);1H. The monoisotopic (exact) mass is 512 g/mol. The zero-order chi connectivity index (χ0) is 19.8. The Hall–Kier alpha value is -2.30. The number of carbonyl (C=O) groups excluding carboxylic acids is 1. The van der Waals surface area contributed by atoms with Crippen LogP contribution in [-0.4, -0.2) is 59.5 Å². The number of likely N-dealkylation sites (tertiary alicyclic amines) is 1. The summed E-state index contributed by atoms with van der Waals surface area (Å²) >= 11 is 0. The topological polar surface area (TPSA) is 83.8 Å². The zero-order valence-corrected chi connectivity index (χ0v) is 19.2. The maximum absolute atomic E-state index is 11.8. The number of rotatable bonds is 5. The molecule has 0 saturated carbocycles. The fraction of sp³-hybridized carbons (Fsp3) is 0.450. The van der Waals surface area contributed by atoms with Crippen molar-refractivity contribution in [1.29, 1.82) is 0 Å². The van der Waals surface area contributed by atoms with E-state index >= 15 is 0 Å². The molecule has 0 atom stereocenters. The summed E-state index contributed by atoms with van der Waals surface area (Å²) in [5, 5.41) is 11.0. The Morgan fingerprint density at radius 3 is 2.59 bits per heavy atom. The molecule has 2 aromatic rings. The van der Waals surface area contributed by atoms with Crippen LogP contribution in [-0.2, 0) is 11.3 Å². The molecule has 1 saturated heterocycles. The van der Waals surface area contributed by atoms with Crippen LogP contribution in [0.5, 0.6) is 0 Å². The number of hydrogen-bond donors (Lipinski definition) is 2. The average Bonchev–Trinajstić information content (AvgIpc) is 3.27. The van der Waals surface area contributed by atoms with Crippen molar-refractivity contribution in [2.75, 3.05) is 26.7 Å². The molecule has 2 heterocycles. The van der Waals surface area contributed by atoms with Gasteiger partial charge in [-0.3, -0.25) is 4.99 Å². The van der Waals surface area contributed by atoms with E-state index in [1.54, 1.807) is 18.1 Å². The molecule has 0 spiro atoms. The molecule has 3 rings (SSSR count). The summed E-state index contributed by atoms with van der Waals surface area (Å²) in [4.78, 5) is 17.9. The van der Waals surface area contributed by atoms with E-state index in [0.717, 1.165) is 30.1 Å². The molecule has 158 valence electrons. The van der Waals surface area contributed by atoms with E-state index in [-0.39, 0.29) is 30.1 Å². The van der Waals surface area contributed by atoms with Crippen molar-refractivity contribution in [3.05, 3.63) is 48.3 Å². The Morgan fingerprint density at radius 1 is 1.28 bits per heavy atom. The van der Waals surface area contributed by atoms with E-state index in [1.807, 2.05) is 36.0 Å². The molecule has 1 amide bonds. The van der Waals surface area contributed by atoms with Gasteiger partial charge in [-0.2, -0.15) is 5.10 Å². The van der Waals surface area contributed by atoms with Crippen molar-refractivity contribution in [1.82, 2.24) is 25.3 Å². The molecular formula is C20H29IN6O2. The Bertz CT molecular complexity index is 771. The van der Waals surface area contributed by atoms with Crippen molar-refractivity contribution in [3.8, 4) is 5.69 Å². The number of guanidine groups is 1. The second-order valence-electron chi connectivity index (χ2n) is 6.65. The van der Waals surface area contributed by atoms with Crippen LogP contribution in [0.1, 0.15) is 25.3 Å². The summed E-state index contributed by atoms with van der Waals surface area (Å²) in [6.45, 7) is 4.31. The summed E-state index contributed by atoms with van der Waals surface area (Å²) in [5.41, 5.74) is 2.20. The van der Waals surface area contributed by atoms with Crippen LogP contribution < -0.4 is 10.6 Å². The first-order valence-corrected chi connectivity index (χ1v) is 9.67. The van der Waals surface area contributed by atoms with E-state index in [9.17, 15) is 4.79 Å². The molecule has 1 fully saturated rings. The highest BCUT2D eigenvalue weighted by atomic mass is 127. The van der Waals surface area contributed by atoms with Crippen LogP contribution in [0.2, 0.25) is 0 Å². The summed E-state index contributed by atoms with van der Waals surface area (Å²) in [7, 11) is 1.77. The van der Waals surface area contributed by atoms with Crippen LogP contribution in [0.15, 0.2) is 47.7 Å². The molecule has 0 aliphatic carbocycles. The zero-order valence-electron chi connectivity index (χ0n) is 16.9. The molecule has 0 bridgehead atoms. The molecule has 1 aromatic heterocycles. The van der Waals surface area contributed by atoms with Crippen LogP contribution in [0.3, 0.4) is 0 Å². The Kier molecular flexibility index (Phi) is 9.23. The fourth-order valence-electron chi connectivity index (χ4n) is 3.18. The third-order valence-electron chi connectivity index (χ3n) is 4.75. The molecule has 1 aliphatic rings. The van der Waals surface area contributed by atoms with Gasteiger partial charge in [0.2, 0.25) is 0 Å². The van der Waals surface area contributed by atoms with E-state index in [2.05, 4.69) is 32.9 Å². The first kappa shape index (κ1) is 23.0. The quantitative estimate of drug-likeness (QED) is 0.366. The van der Waals surface area contributed by atoms with Gasteiger partial charge in [0.15, 0.2) is 5.96 Å². The van der Waals surface area contributed by atoms with Crippen molar-refractivity contribution in [2.24, 2.45) is 4.99 Å². The average molecular weight is 512 g/mol. The van der Waals surface area contributed by atoms with Gasteiger partial charge in [0, 0.05) is 45.1 Å². The number of benzene rings is 1. The lowest BCUT2D eigenvalue weighted by atomic mass is 10.1. The van der Waals surface area contributed by atoms with Gasteiger partial charge in [-0.15, -0.1) is 24.0 Å². The normalized spacial score (nSPS) is 14.8. The third kappa shape index (κ3) is 6.62. The number of ether oxygens (including phenoxy) is 1. The molecule has 1 aromatic carbocycles. The number of aromatic nitrogens is 2. The maximum Gasteiger partial charge on any atom is 0.409 e. The number of carbonyl (C=O) groups is 1. The summed E-state index contributed by atoms with van der Waals surface area (Å²) in [6.07, 6.45) is 5.21. The van der Waals surface area contributed by atoms with E-state index in [1.165, 1.54) is 0 Å². The predicted molar refractivity (Wildman–Crippen MR) is 124 cm³/mol. The van der Waals surface area contributed by atoms with Crippen molar-refractivity contribution in [2.45, 2.75) is 32.4 Å². The Morgan fingerprint density at radius 2 is 2.00 bits per heavy atom. The maximum atomic E-state index is 11.8. The lowest BCUT2D eigenvalue weighted by molar-refractivity contribution is 0.0963. The molecule has 2 N–H and O–H groups in total. The van der Waals surface area contributed by atoms with Crippen molar-refractivity contribution in [3.63, 3.8) is 0 Å². The minimum absolute atomic E-state index is 0. The molecule has 29 heavy (non-hydrogen) atoms. The molecule has 0 unspecified atom stereocenters. The molecule has 0 radical (unpaired) electrons. The lowest BCUT2D eigenvalue weighted by Crippen LogP contribution is -2.49. The van der Waals surface area contributed by atoms with Gasteiger partial charge in [0.1, 0.15) is 0 Å². The Labute approximate surface area is 188 Å². The second-order valence-corrected chi connectivity index (χ2v) is 6.65. The van der Waals surface area contributed by atoms with E-state index in [4.69, 9.17) is 4.74 Å². The second kappa shape index (κ2) is 11.6. The van der Waals surface area contributed by atoms with E-state index < -0.39 is 0 Å². The van der Waals surface area contributed by atoms with Gasteiger partial charge in [0.05, 0.1) is 12.3 Å². The van der Waals surface area contributed by atoms with Crippen LogP contribution in [0, 0.1) is 0 Å². The van der Waals surface area contributed by atoms with Gasteiger partial charge in [-0.25, -0.2) is 9.48 Å². The largest absolute Gasteiger partial charge is 0.450 e. The predicted octanol–water partition coefficient (Wildman–Crippen LogP) is 2.78. The number of piperidine rings is 1. The fourth-order valence-corrected chi connectivity index (χ4v) is 3.18. The van der Waals surface area contributed by atoms with Crippen molar-refractivity contribution < 1.29 is 9.53 Å². The first-order chi connectivity index (χ1) is 13.7. The summed E-state index contributed by atoms with van der Waals surface area (Å²) < 4.78 is 6.90. The highest BCUT2D eigenvalue weighted by Gasteiger charge is 2.23. The summed E-state index contributed by atoms with van der Waals surface area (Å²) in [6, 6.07) is 10.4. The number of nitrogens with zero attached hydrogens (tertiary/aromatic N) is 4. The smallest absolute Gasteiger partial charge is 0.409 e. The van der Waals surface area contributed by atoms with Crippen LogP contribution >= 0.6 is 24.0 Å².